The SMILES string of the molecule is Cc1c(C2CCOCC2)[nH]c2ccc(CNC(=O)c3cnc(C(F)F)nc3)cc12. The first kappa shape index (κ1) is 19.4. The number of nitrogens with one attached hydrogen (secondary N) is 2. The minimum Gasteiger partial charge on any atom is -0.381 e. The van der Waals surface area contributed by atoms with Crippen LogP contribution in [-0.2, 0) is 11.3 Å². The molecule has 1 fully saturated rings. The molecule has 29 heavy (non-hydrogen) atoms. The molecule has 0 unspecified atom stereocenters. The van der Waals surface area contributed by atoms with Gasteiger partial charge >= 0.3 is 0 Å². The maximum atomic E-state index is 12.5. The summed E-state index contributed by atoms with van der Waals surface area (Å²) in [5, 5.41) is 3.93. The van der Waals surface area contributed by atoms with E-state index in [1.807, 2.05) is 12.1 Å². The molecule has 1 aliphatic heterocycles. The van der Waals surface area contributed by atoms with E-state index in [0.29, 0.717) is 12.5 Å². The van der Waals surface area contributed by atoms with Crippen LogP contribution in [-0.4, -0.2) is 34.1 Å². The van der Waals surface area contributed by atoms with Crippen LogP contribution in [0.15, 0.2) is 30.6 Å². The molecule has 3 heterocycles. The van der Waals surface area contributed by atoms with Crippen LogP contribution in [0.1, 0.15) is 58.2 Å². The summed E-state index contributed by atoms with van der Waals surface area (Å²) >= 11 is 0. The first-order valence-corrected chi connectivity index (χ1v) is 9.60. The number of aryl methyl sites for hydroxylation is 1. The Balaban J connectivity index is 1.46. The van der Waals surface area contributed by atoms with Gasteiger partial charge in [0.25, 0.3) is 12.3 Å². The molecule has 0 bridgehead atoms. The fraction of sp³-hybridized carbons (Fsp3) is 0.381. The molecule has 1 saturated heterocycles. The van der Waals surface area contributed by atoms with E-state index in [2.05, 4.69) is 33.3 Å². The molecule has 0 spiro atoms. The molecule has 3 aromatic rings. The van der Waals surface area contributed by atoms with Gasteiger partial charge in [-0.25, -0.2) is 18.7 Å². The number of amides is 1. The Morgan fingerprint density at radius 3 is 2.69 bits per heavy atom. The highest BCUT2D eigenvalue weighted by atomic mass is 19.3. The molecule has 8 heteroatoms. The van der Waals surface area contributed by atoms with Gasteiger partial charge in [-0.3, -0.25) is 4.79 Å². The minimum absolute atomic E-state index is 0.148. The van der Waals surface area contributed by atoms with Gasteiger partial charge in [0.2, 0.25) is 0 Å². The molecular weight excluding hydrogens is 378 g/mol. The van der Waals surface area contributed by atoms with Gasteiger partial charge in [-0.1, -0.05) is 6.07 Å². The number of hydrogen-bond donors (Lipinski definition) is 2. The summed E-state index contributed by atoms with van der Waals surface area (Å²) in [7, 11) is 0. The summed E-state index contributed by atoms with van der Waals surface area (Å²) in [6.07, 6.45) is 1.51. The van der Waals surface area contributed by atoms with Crippen molar-refractivity contribution in [3.05, 3.63) is 58.8 Å². The molecule has 1 aromatic carbocycles. The molecule has 0 atom stereocenters. The predicted molar refractivity (Wildman–Crippen MR) is 104 cm³/mol. The third-order valence-corrected chi connectivity index (χ3v) is 5.37. The van der Waals surface area contributed by atoms with Crippen molar-refractivity contribution < 1.29 is 18.3 Å². The highest BCUT2D eigenvalue weighted by molar-refractivity contribution is 5.93. The smallest absolute Gasteiger partial charge is 0.297 e. The number of aromatic amines is 1. The zero-order chi connectivity index (χ0) is 20.4. The van der Waals surface area contributed by atoms with E-state index in [9.17, 15) is 13.6 Å². The molecule has 6 nitrogen and oxygen atoms in total. The summed E-state index contributed by atoms with van der Waals surface area (Å²) in [6, 6.07) is 6.05. The lowest BCUT2D eigenvalue weighted by molar-refractivity contribution is 0.0845. The first-order chi connectivity index (χ1) is 14.0. The van der Waals surface area contributed by atoms with E-state index in [0.717, 1.165) is 54.9 Å². The Morgan fingerprint density at radius 2 is 2.00 bits per heavy atom. The number of halogens is 2. The summed E-state index contributed by atoms with van der Waals surface area (Å²) < 4.78 is 30.5. The van der Waals surface area contributed by atoms with Crippen molar-refractivity contribution in [3.63, 3.8) is 0 Å². The summed E-state index contributed by atoms with van der Waals surface area (Å²) in [6.45, 7) is 4.02. The summed E-state index contributed by atoms with van der Waals surface area (Å²) in [5.41, 5.74) is 4.68. The third-order valence-electron chi connectivity index (χ3n) is 5.37. The van der Waals surface area contributed by atoms with Crippen molar-refractivity contribution in [2.45, 2.75) is 38.7 Å². The zero-order valence-corrected chi connectivity index (χ0v) is 16.0. The molecule has 1 aliphatic rings. The minimum atomic E-state index is -2.76. The Hall–Kier alpha value is -2.87. The van der Waals surface area contributed by atoms with E-state index in [4.69, 9.17) is 4.74 Å². The molecule has 152 valence electrons. The van der Waals surface area contributed by atoms with Crippen molar-refractivity contribution in [2.24, 2.45) is 0 Å². The van der Waals surface area contributed by atoms with Crippen LogP contribution in [0.4, 0.5) is 8.78 Å². The normalized spacial score (nSPS) is 15.2. The lowest BCUT2D eigenvalue weighted by Crippen LogP contribution is -2.23. The number of carbonyl (C=O) groups is 1. The highest BCUT2D eigenvalue weighted by Gasteiger charge is 2.21. The van der Waals surface area contributed by atoms with Gasteiger partial charge in [-0.05, 0) is 43.0 Å². The number of fused-ring (bicyclic) bond motifs is 1. The molecule has 0 radical (unpaired) electrons. The Labute approximate surface area is 166 Å². The number of aromatic nitrogens is 3. The van der Waals surface area contributed by atoms with Crippen LogP contribution < -0.4 is 5.32 Å². The number of nitrogens with zero attached hydrogens (tertiary/aromatic N) is 2. The van der Waals surface area contributed by atoms with Crippen LogP contribution in [0.25, 0.3) is 10.9 Å². The number of ether oxygens (including phenoxy) is 1. The molecule has 1 amide bonds. The van der Waals surface area contributed by atoms with Crippen molar-refractivity contribution >= 4 is 16.8 Å². The number of rotatable bonds is 5. The lowest BCUT2D eigenvalue weighted by atomic mass is 9.93. The van der Waals surface area contributed by atoms with Crippen LogP contribution in [0.5, 0.6) is 0 Å². The Bertz CT molecular complexity index is 1010. The highest BCUT2D eigenvalue weighted by Crippen LogP contribution is 2.33. The summed E-state index contributed by atoms with van der Waals surface area (Å²) in [4.78, 5) is 22.8. The maximum absolute atomic E-state index is 12.5. The fourth-order valence-electron chi connectivity index (χ4n) is 3.75. The van der Waals surface area contributed by atoms with Gasteiger partial charge in [-0.2, -0.15) is 0 Å². The zero-order valence-electron chi connectivity index (χ0n) is 16.0. The number of benzene rings is 1. The van der Waals surface area contributed by atoms with E-state index in [1.165, 1.54) is 11.3 Å². The second-order valence-electron chi connectivity index (χ2n) is 7.24. The first-order valence-electron chi connectivity index (χ1n) is 9.60. The lowest BCUT2D eigenvalue weighted by Gasteiger charge is -2.21. The standard InChI is InChI=1S/C21H22F2N4O2/c1-12-16-8-13(2-3-17(16)27-18(12)14-4-6-29-7-5-14)9-26-21(28)15-10-24-20(19(22)23)25-11-15/h2-3,8,10-11,14,19,27H,4-7,9H2,1H3,(H,26,28). The number of hydrogen-bond acceptors (Lipinski definition) is 4. The van der Waals surface area contributed by atoms with E-state index < -0.39 is 18.2 Å². The van der Waals surface area contributed by atoms with Gasteiger partial charge in [-0.15, -0.1) is 0 Å². The van der Waals surface area contributed by atoms with E-state index in [-0.39, 0.29) is 5.56 Å². The quantitative estimate of drug-likeness (QED) is 0.678. The second kappa shape index (κ2) is 8.24. The summed E-state index contributed by atoms with van der Waals surface area (Å²) in [5.74, 6) is -0.509. The van der Waals surface area contributed by atoms with Crippen LogP contribution in [0.2, 0.25) is 0 Å². The fourth-order valence-corrected chi connectivity index (χ4v) is 3.75. The van der Waals surface area contributed by atoms with Gasteiger partial charge in [0.15, 0.2) is 5.82 Å². The van der Waals surface area contributed by atoms with Gasteiger partial charge in [0, 0.05) is 54.7 Å². The predicted octanol–water partition coefficient (Wildman–Crippen LogP) is 4.03. The van der Waals surface area contributed by atoms with E-state index in [1.54, 1.807) is 0 Å². The van der Waals surface area contributed by atoms with E-state index >= 15 is 0 Å². The third kappa shape index (κ3) is 4.12. The molecule has 0 saturated carbocycles. The molecular formula is C21H22F2N4O2. The monoisotopic (exact) mass is 400 g/mol. The average Bonchev–Trinajstić information content (AvgIpc) is 3.08. The Morgan fingerprint density at radius 1 is 1.28 bits per heavy atom. The molecule has 2 aromatic heterocycles. The van der Waals surface area contributed by atoms with Crippen LogP contribution in [0, 0.1) is 6.92 Å². The largest absolute Gasteiger partial charge is 0.381 e. The molecule has 0 aliphatic carbocycles. The van der Waals surface area contributed by atoms with Crippen molar-refractivity contribution in [1.82, 2.24) is 20.3 Å². The van der Waals surface area contributed by atoms with Crippen molar-refractivity contribution in [2.75, 3.05) is 13.2 Å². The number of H-pyrrole nitrogens is 1. The Kier molecular flexibility index (Phi) is 5.53. The van der Waals surface area contributed by atoms with Gasteiger partial charge in [0.05, 0.1) is 5.56 Å². The number of carbonyl (C=O) groups excluding carboxylic acids is 1. The second-order valence-corrected chi connectivity index (χ2v) is 7.24. The average molecular weight is 400 g/mol. The molecule has 4 rings (SSSR count). The number of alkyl halides is 2. The van der Waals surface area contributed by atoms with Gasteiger partial charge < -0.3 is 15.0 Å². The topological polar surface area (TPSA) is 79.9 Å². The van der Waals surface area contributed by atoms with Crippen LogP contribution in [0.3, 0.4) is 0 Å². The van der Waals surface area contributed by atoms with Crippen molar-refractivity contribution in [3.8, 4) is 0 Å². The van der Waals surface area contributed by atoms with Crippen LogP contribution >= 0.6 is 0 Å². The molecule has 2 N–H and O–H groups in total. The maximum Gasteiger partial charge on any atom is 0.297 e. The van der Waals surface area contributed by atoms with Gasteiger partial charge in [0.1, 0.15) is 0 Å². The van der Waals surface area contributed by atoms with Crippen molar-refractivity contribution in [1.29, 1.82) is 0 Å².